The van der Waals surface area contributed by atoms with Crippen LogP contribution in [-0.4, -0.2) is 43.0 Å². The van der Waals surface area contributed by atoms with Gasteiger partial charge in [-0.2, -0.15) is 0 Å². The molecule has 0 unspecified atom stereocenters. The highest BCUT2D eigenvalue weighted by molar-refractivity contribution is 6.22. The predicted octanol–water partition coefficient (Wildman–Crippen LogP) is 4.26. The van der Waals surface area contributed by atoms with E-state index in [0.29, 0.717) is 42.1 Å². The van der Waals surface area contributed by atoms with Crippen LogP contribution >= 0.6 is 0 Å². The van der Waals surface area contributed by atoms with Crippen molar-refractivity contribution in [3.05, 3.63) is 59.2 Å². The average Bonchev–Trinajstić information content (AvgIpc) is 2.92. The highest BCUT2D eigenvalue weighted by Crippen LogP contribution is 2.27. The minimum atomic E-state index is -0.424. The summed E-state index contributed by atoms with van der Waals surface area (Å²) in [4.78, 5) is 38.6. The van der Waals surface area contributed by atoms with Crippen LogP contribution in [0.4, 0.5) is 16.2 Å². The van der Waals surface area contributed by atoms with Crippen molar-refractivity contribution in [2.45, 2.75) is 32.6 Å². The molecule has 3 rings (SSSR count). The summed E-state index contributed by atoms with van der Waals surface area (Å²) in [7, 11) is 1.57. The Bertz CT molecular complexity index is 961. The van der Waals surface area contributed by atoms with Crippen molar-refractivity contribution in [1.29, 1.82) is 0 Å². The van der Waals surface area contributed by atoms with Gasteiger partial charge >= 0.3 is 6.03 Å². The first-order valence-electron chi connectivity index (χ1n) is 9.88. The minimum absolute atomic E-state index is 0.0343. The molecule has 0 aliphatic carbocycles. The molecule has 7 heteroatoms. The van der Waals surface area contributed by atoms with Crippen molar-refractivity contribution in [1.82, 2.24) is 4.90 Å². The Kier molecular flexibility index (Phi) is 6.22. The van der Waals surface area contributed by atoms with Gasteiger partial charge in [0.2, 0.25) is 0 Å². The van der Waals surface area contributed by atoms with Crippen molar-refractivity contribution in [3.8, 4) is 0 Å². The second-order valence-corrected chi connectivity index (χ2v) is 8.28. The molecule has 0 saturated carbocycles. The van der Waals surface area contributed by atoms with Gasteiger partial charge in [0.1, 0.15) is 0 Å². The summed E-state index contributed by atoms with van der Waals surface area (Å²) in [6, 6.07) is 12.0. The van der Waals surface area contributed by atoms with Gasteiger partial charge in [-0.25, -0.2) is 4.79 Å². The second kappa shape index (κ2) is 8.67. The quantitative estimate of drug-likeness (QED) is 0.551. The smallest absolute Gasteiger partial charge is 0.323 e. The summed E-state index contributed by atoms with van der Waals surface area (Å²) < 4.78 is 4.98. The third-order valence-corrected chi connectivity index (χ3v) is 4.97. The molecule has 30 heavy (non-hydrogen) atoms. The monoisotopic (exact) mass is 409 g/mol. The molecule has 1 aliphatic rings. The highest BCUT2D eigenvalue weighted by Gasteiger charge is 2.35. The van der Waals surface area contributed by atoms with Crippen LogP contribution in [0.15, 0.2) is 42.5 Å². The zero-order chi connectivity index (χ0) is 21.9. The molecule has 1 heterocycles. The maximum absolute atomic E-state index is 12.6. The van der Waals surface area contributed by atoms with Crippen molar-refractivity contribution < 1.29 is 19.1 Å². The van der Waals surface area contributed by atoms with Gasteiger partial charge in [-0.1, -0.05) is 32.9 Å². The van der Waals surface area contributed by atoms with Crippen LogP contribution in [-0.2, 0) is 10.2 Å². The van der Waals surface area contributed by atoms with Crippen LogP contribution in [0.5, 0.6) is 0 Å². The largest absolute Gasteiger partial charge is 0.385 e. The van der Waals surface area contributed by atoms with E-state index in [4.69, 9.17) is 4.74 Å². The summed E-state index contributed by atoms with van der Waals surface area (Å²) in [5, 5.41) is 5.49. The molecule has 0 spiro atoms. The molecular formula is C23H27N3O4. The number of nitrogens with one attached hydrogen (secondary N) is 2. The van der Waals surface area contributed by atoms with Crippen LogP contribution in [0, 0.1) is 0 Å². The molecule has 2 aromatic carbocycles. The molecular weight excluding hydrogens is 382 g/mol. The van der Waals surface area contributed by atoms with Gasteiger partial charge in [-0.15, -0.1) is 0 Å². The molecule has 2 N–H and O–H groups in total. The van der Waals surface area contributed by atoms with Crippen LogP contribution in [0.25, 0.3) is 0 Å². The van der Waals surface area contributed by atoms with Crippen molar-refractivity contribution >= 4 is 29.2 Å². The number of imide groups is 1. The third-order valence-electron chi connectivity index (χ3n) is 4.97. The maximum atomic E-state index is 12.6. The minimum Gasteiger partial charge on any atom is -0.385 e. The lowest BCUT2D eigenvalue weighted by Gasteiger charge is -2.19. The Balaban J connectivity index is 1.65. The van der Waals surface area contributed by atoms with Crippen LogP contribution in [0.1, 0.15) is 53.5 Å². The number of rotatable bonds is 6. The number of amides is 4. The van der Waals surface area contributed by atoms with Crippen LogP contribution in [0.2, 0.25) is 0 Å². The fourth-order valence-electron chi connectivity index (χ4n) is 3.29. The van der Waals surface area contributed by atoms with Gasteiger partial charge < -0.3 is 15.4 Å². The van der Waals surface area contributed by atoms with E-state index in [-0.39, 0.29) is 17.2 Å². The molecule has 7 nitrogen and oxygen atoms in total. The Morgan fingerprint density at radius 2 is 1.53 bits per heavy atom. The molecule has 4 amide bonds. The number of hydrogen-bond donors (Lipinski definition) is 2. The molecule has 0 saturated heterocycles. The number of hydrogen-bond acceptors (Lipinski definition) is 4. The Morgan fingerprint density at radius 1 is 0.933 bits per heavy atom. The lowest BCUT2D eigenvalue weighted by molar-refractivity contribution is 0.0638. The van der Waals surface area contributed by atoms with Gasteiger partial charge in [0.05, 0.1) is 11.1 Å². The normalized spacial score (nSPS) is 13.4. The number of fused-ring (bicyclic) bond motifs is 1. The summed E-state index contributed by atoms with van der Waals surface area (Å²) in [6.07, 6.45) is 0.573. The highest BCUT2D eigenvalue weighted by atomic mass is 16.5. The SMILES string of the molecule is COCCCN1C(=O)c2ccc(NC(=O)Nc3ccc(C(C)(C)C)cc3)cc2C1=O. The Hall–Kier alpha value is -3.19. The number of carbonyl (C=O) groups is 3. The van der Waals surface area contributed by atoms with E-state index >= 15 is 0 Å². The van der Waals surface area contributed by atoms with Crippen LogP contribution < -0.4 is 10.6 Å². The van der Waals surface area contributed by atoms with Gasteiger partial charge in [0.15, 0.2) is 0 Å². The van der Waals surface area contributed by atoms with E-state index in [0.717, 1.165) is 0 Å². The molecule has 2 aromatic rings. The van der Waals surface area contributed by atoms with E-state index < -0.39 is 6.03 Å². The van der Waals surface area contributed by atoms with Crippen molar-refractivity contribution in [2.24, 2.45) is 0 Å². The lowest BCUT2D eigenvalue weighted by Crippen LogP contribution is -2.31. The Morgan fingerprint density at radius 3 is 2.17 bits per heavy atom. The summed E-state index contributed by atoms with van der Waals surface area (Å²) in [5.41, 5.74) is 2.96. The number of urea groups is 1. The number of anilines is 2. The predicted molar refractivity (Wildman–Crippen MR) is 116 cm³/mol. The molecule has 0 radical (unpaired) electrons. The number of carbonyl (C=O) groups excluding carboxylic acids is 3. The van der Waals surface area contributed by atoms with Crippen molar-refractivity contribution in [2.75, 3.05) is 30.9 Å². The summed E-state index contributed by atoms with van der Waals surface area (Å²) >= 11 is 0. The fraction of sp³-hybridized carbons (Fsp3) is 0.348. The maximum Gasteiger partial charge on any atom is 0.323 e. The summed E-state index contributed by atoms with van der Waals surface area (Å²) in [5.74, 6) is -0.672. The average molecular weight is 409 g/mol. The molecule has 0 atom stereocenters. The zero-order valence-corrected chi connectivity index (χ0v) is 17.7. The van der Waals surface area contributed by atoms with E-state index in [9.17, 15) is 14.4 Å². The van der Waals surface area contributed by atoms with E-state index in [2.05, 4.69) is 31.4 Å². The molecule has 158 valence electrons. The molecule has 1 aliphatic heterocycles. The summed E-state index contributed by atoms with van der Waals surface area (Å²) in [6.45, 7) is 7.15. The third kappa shape index (κ3) is 4.68. The van der Waals surface area contributed by atoms with E-state index in [1.807, 2.05) is 24.3 Å². The lowest BCUT2D eigenvalue weighted by atomic mass is 9.87. The Labute approximate surface area is 176 Å². The number of benzene rings is 2. The first kappa shape index (κ1) is 21.5. The van der Waals surface area contributed by atoms with Gasteiger partial charge in [-0.3, -0.25) is 14.5 Å². The van der Waals surface area contributed by atoms with E-state index in [1.165, 1.54) is 16.5 Å². The molecule has 0 bridgehead atoms. The van der Waals surface area contributed by atoms with Gasteiger partial charge in [0.25, 0.3) is 11.8 Å². The molecule has 0 aromatic heterocycles. The number of nitrogens with zero attached hydrogens (tertiary/aromatic N) is 1. The second-order valence-electron chi connectivity index (χ2n) is 8.28. The standard InChI is InChI=1S/C23H27N3O4/c1-23(2,3)15-6-8-16(9-7-15)24-22(29)25-17-10-11-18-19(14-17)21(28)26(20(18)27)12-5-13-30-4/h6-11,14H,5,12-13H2,1-4H3,(H2,24,25,29). The van der Waals surface area contributed by atoms with Gasteiger partial charge in [0, 0.05) is 31.6 Å². The van der Waals surface area contributed by atoms with E-state index in [1.54, 1.807) is 19.2 Å². The first-order valence-corrected chi connectivity index (χ1v) is 9.88. The van der Waals surface area contributed by atoms with Gasteiger partial charge in [-0.05, 0) is 47.7 Å². The topological polar surface area (TPSA) is 87.7 Å². The fourth-order valence-corrected chi connectivity index (χ4v) is 3.29. The zero-order valence-electron chi connectivity index (χ0n) is 17.7. The molecule has 0 fully saturated rings. The van der Waals surface area contributed by atoms with Crippen LogP contribution in [0.3, 0.4) is 0 Å². The number of methoxy groups -OCH3 is 1. The first-order chi connectivity index (χ1) is 14.2. The van der Waals surface area contributed by atoms with Crippen molar-refractivity contribution in [3.63, 3.8) is 0 Å². The number of ether oxygens (including phenoxy) is 1.